The van der Waals surface area contributed by atoms with Crippen molar-refractivity contribution in [3.05, 3.63) is 40.4 Å². The highest BCUT2D eigenvalue weighted by Gasteiger charge is 2.22. The lowest BCUT2D eigenvalue weighted by molar-refractivity contribution is -0.117. The normalized spacial score (nSPS) is 12.1. The van der Waals surface area contributed by atoms with Gasteiger partial charge in [0.05, 0.1) is 5.54 Å². The fourth-order valence-electron chi connectivity index (χ4n) is 1.80. The van der Waals surface area contributed by atoms with Crippen molar-refractivity contribution < 1.29 is 14.3 Å². The molecule has 0 unspecified atom stereocenters. The molecule has 5 nitrogen and oxygen atoms in total. The SMILES string of the molecule is CC(C)(CNC(=O)OC(C)(C)C)NC(=O)C=Cc1ccccc1Br. The number of benzene rings is 1. The maximum Gasteiger partial charge on any atom is 0.407 e. The lowest BCUT2D eigenvalue weighted by Crippen LogP contribution is -2.51. The Morgan fingerprint density at radius 1 is 1.17 bits per heavy atom. The van der Waals surface area contributed by atoms with Gasteiger partial charge in [-0.25, -0.2) is 4.79 Å². The second kappa shape index (κ2) is 8.33. The van der Waals surface area contributed by atoms with Gasteiger partial charge in [0.2, 0.25) is 5.91 Å². The van der Waals surface area contributed by atoms with E-state index >= 15 is 0 Å². The molecule has 2 amide bonds. The third-order valence-electron chi connectivity index (χ3n) is 2.85. The highest BCUT2D eigenvalue weighted by atomic mass is 79.9. The van der Waals surface area contributed by atoms with Crippen LogP contribution in [0.4, 0.5) is 4.79 Å². The number of alkyl carbamates (subject to hydrolysis) is 1. The van der Waals surface area contributed by atoms with Gasteiger partial charge in [-0.15, -0.1) is 0 Å². The highest BCUT2D eigenvalue weighted by Crippen LogP contribution is 2.17. The number of halogens is 1. The molecular weight excluding hydrogens is 372 g/mol. The molecule has 24 heavy (non-hydrogen) atoms. The van der Waals surface area contributed by atoms with Crippen LogP contribution in [-0.2, 0) is 9.53 Å². The van der Waals surface area contributed by atoms with Crippen molar-refractivity contribution in [2.45, 2.75) is 45.8 Å². The summed E-state index contributed by atoms with van der Waals surface area (Å²) in [6.45, 7) is 9.31. The first kappa shape index (κ1) is 20.2. The van der Waals surface area contributed by atoms with E-state index in [9.17, 15) is 9.59 Å². The van der Waals surface area contributed by atoms with Gasteiger partial charge in [-0.05, 0) is 52.3 Å². The number of rotatable bonds is 5. The van der Waals surface area contributed by atoms with E-state index in [0.29, 0.717) is 0 Å². The van der Waals surface area contributed by atoms with Crippen LogP contribution in [0, 0.1) is 0 Å². The summed E-state index contributed by atoms with van der Waals surface area (Å²) in [5, 5.41) is 5.51. The van der Waals surface area contributed by atoms with E-state index in [-0.39, 0.29) is 12.5 Å². The van der Waals surface area contributed by atoms with Crippen LogP contribution in [0.25, 0.3) is 6.08 Å². The Kier molecular flexibility index (Phi) is 7.02. The van der Waals surface area contributed by atoms with Gasteiger partial charge < -0.3 is 15.4 Å². The molecule has 0 saturated carbocycles. The minimum absolute atomic E-state index is 0.234. The summed E-state index contributed by atoms with van der Waals surface area (Å²) in [5.41, 5.74) is -0.243. The average Bonchev–Trinajstić information content (AvgIpc) is 2.42. The standard InChI is InChI=1S/C18H25BrN2O3/c1-17(2,3)24-16(23)20-12-18(4,5)21-15(22)11-10-13-8-6-7-9-14(13)19/h6-11H,12H2,1-5H3,(H,20,23)(H,21,22). The van der Waals surface area contributed by atoms with Gasteiger partial charge in [-0.2, -0.15) is 0 Å². The highest BCUT2D eigenvalue weighted by molar-refractivity contribution is 9.10. The summed E-state index contributed by atoms with van der Waals surface area (Å²) in [6, 6.07) is 7.62. The molecule has 6 heteroatoms. The summed E-state index contributed by atoms with van der Waals surface area (Å²) in [5.74, 6) is -0.234. The maximum atomic E-state index is 12.1. The molecule has 132 valence electrons. The predicted molar refractivity (Wildman–Crippen MR) is 99.6 cm³/mol. The van der Waals surface area contributed by atoms with Crippen molar-refractivity contribution in [3.63, 3.8) is 0 Å². The molecule has 0 aliphatic carbocycles. The molecule has 0 atom stereocenters. The molecule has 0 spiro atoms. The summed E-state index contributed by atoms with van der Waals surface area (Å²) in [4.78, 5) is 23.7. The van der Waals surface area contributed by atoms with E-state index in [1.54, 1.807) is 26.8 Å². The molecule has 0 radical (unpaired) electrons. The minimum Gasteiger partial charge on any atom is -0.444 e. The Hall–Kier alpha value is -1.82. The van der Waals surface area contributed by atoms with E-state index in [2.05, 4.69) is 26.6 Å². The molecule has 0 fully saturated rings. The van der Waals surface area contributed by atoms with Crippen LogP contribution in [0.2, 0.25) is 0 Å². The molecular formula is C18H25BrN2O3. The average molecular weight is 397 g/mol. The Balaban J connectivity index is 2.52. The molecule has 1 aromatic rings. The summed E-state index contributed by atoms with van der Waals surface area (Å²) in [7, 11) is 0. The molecule has 0 aromatic heterocycles. The second-order valence-corrected chi connectivity index (χ2v) is 7.94. The van der Waals surface area contributed by atoms with Crippen molar-refractivity contribution in [2.24, 2.45) is 0 Å². The number of ether oxygens (including phenoxy) is 1. The molecule has 0 aliphatic heterocycles. The maximum absolute atomic E-state index is 12.1. The second-order valence-electron chi connectivity index (χ2n) is 7.08. The molecule has 0 heterocycles. The smallest absolute Gasteiger partial charge is 0.407 e. The summed E-state index contributed by atoms with van der Waals surface area (Å²) in [6.07, 6.45) is 2.69. The van der Waals surface area contributed by atoms with Crippen LogP contribution < -0.4 is 10.6 Å². The van der Waals surface area contributed by atoms with Gasteiger partial charge in [0.25, 0.3) is 0 Å². The molecule has 1 rings (SSSR count). The summed E-state index contributed by atoms with van der Waals surface area (Å²) >= 11 is 3.43. The van der Waals surface area contributed by atoms with Gasteiger partial charge >= 0.3 is 6.09 Å². The Morgan fingerprint density at radius 3 is 2.38 bits per heavy atom. The van der Waals surface area contributed by atoms with Gasteiger partial charge in [0.1, 0.15) is 5.60 Å². The van der Waals surface area contributed by atoms with Gasteiger partial charge in [-0.1, -0.05) is 34.1 Å². The fraction of sp³-hybridized carbons (Fsp3) is 0.444. The van der Waals surface area contributed by atoms with E-state index < -0.39 is 17.2 Å². The Labute approximate surface area is 152 Å². The summed E-state index contributed by atoms with van der Waals surface area (Å²) < 4.78 is 6.09. The van der Waals surface area contributed by atoms with E-state index in [4.69, 9.17) is 4.74 Å². The van der Waals surface area contributed by atoms with Crippen LogP contribution in [0.3, 0.4) is 0 Å². The fourth-order valence-corrected chi connectivity index (χ4v) is 2.22. The Bertz CT molecular complexity index is 619. The van der Waals surface area contributed by atoms with Crippen LogP contribution in [0.1, 0.15) is 40.2 Å². The number of hydrogen-bond donors (Lipinski definition) is 2. The molecule has 0 bridgehead atoms. The first-order valence-electron chi connectivity index (χ1n) is 7.70. The van der Waals surface area contributed by atoms with E-state index in [1.807, 2.05) is 38.1 Å². The lowest BCUT2D eigenvalue weighted by atomic mass is 10.1. The van der Waals surface area contributed by atoms with Crippen LogP contribution >= 0.6 is 15.9 Å². The van der Waals surface area contributed by atoms with Crippen molar-refractivity contribution in [1.82, 2.24) is 10.6 Å². The molecule has 2 N–H and O–H groups in total. The molecule has 0 saturated heterocycles. The third kappa shape index (κ3) is 8.15. The van der Waals surface area contributed by atoms with Gasteiger partial charge in [-0.3, -0.25) is 4.79 Å². The number of nitrogens with one attached hydrogen (secondary N) is 2. The van der Waals surface area contributed by atoms with Crippen LogP contribution in [0.15, 0.2) is 34.8 Å². The lowest BCUT2D eigenvalue weighted by Gasteiger charge is -2.27. The quantitative estimate of drug-likeness (QED) is 0.741. The van der Waals surface area contributed by atoms with Crippen molar-refractivity contribution in [2.75, 3.05) is 6.54 Å². The van der Waals surface area contributed by atoms with Gasteiger partial charge in [0, 0.05) is 17.1 Å². The number of hydrogen-bond acceptors (Lipinski definition) is 3. The number of carbonyl (C=O) groups excluding carboxylic acids is 2. The van der Waals surface area contributed by atoms with Crippen LogP contribution in [0.5, 0.6) is 0 Å². The first-order valence-corrected chi connectivity index (χ1v) is 8.49. The zero-order valence-corrected chi connectivity index (χ0v) is 16.4. The topological polar surface area (TPSA) is 67.4 Å². The predicted octanol–water partition coefficient (Wildman–Crippen LogP) is 3.88. The molecule has 1 aromatic carbocycles. The van der Waals surface area contributed by atoms with E-state index in [0.717, 1.165) is 10.0 Å². The number of amides is 2. The largest absolute Gasteiger partial charge is 0.444 e. The monoisotopic (exact) mass is 396 g/mol. The van der Waals surface area contributed by atoms with Crippen molar-refractivity contribution >= 4 is 34.0 Å². The van der Waals surface area contributed by atoms with Crippen LogP contribution in [-0.4, -0.2) is 29.7 Å². The zero-order valence-electron chi connectivity index (χ0n) is 14.8. The van der Waals surface area contributed by atoms with Crippen molar-refractivity contribution in [1.29, 1.82) is 0 Å². The minimum atomic E-state index is -0.605. The molecule has 0 aliphatic rings. The van der Waals surface area contributed by atoms with E-state index in [1.165, 1.54) is 6.08 Å². The zero-order chi connectivity index (χ0) is 18.4. The third-order valence-corrected chi connectivity index (χ3v) is 3.58. The first-order chi connectivity index (χ1) is 11.0. The van der Waals surface area contributed by atoms with Crippen molar-refractivity contribution in [3.8, 4) is 0 Å². The number of carbonyl (C=O) groups is 2. The Morgan fingerprint density at radius 2 is 1.79 bits per heavy atom. The van der Waals surface area contributed by atoms with Gasteiger partial charge in [0.15, 0.2) is 0 Å².